The predicted molar refractivity (Wildman–Crippen MR) is 65.8 cm³/mol. The van der Waals surface area contributed by atoms with Crippen molar-refractivity contribution in [2.24, 2.45) is 5.84 Å². The van der Waals surface area contributed by atoms with E-state index in [1.807, 2.05) is 19.1 Å². The standard InChI is InChI=1S/C11H15BrN2O2/c1-2-3-10(11(15)14-13)16-9-6-4-8(12)5-7-9/h4-7,10H,2-3,13H2,1H3,(H,14,15). The number of rotatable bonds is 5. The lowest BCUT2D eigenvalue weighted by Crippen LogP contribution is -2.42. The summed E-state index contributed by atoms with van der Waals surface area (Å²) < 4.78 is 6.52. The van der Waals surface area contributed by atoms with E-state index in [-0.39, 0.29) is 5.91 Å². The van der Waals surface area contributed by atoms with Crippen molar-refractivity contribution >= 4 is 21.8 Å². The molecular formula is C11H15BrN2O2. The van der Waals surface area contributed by atoms with Crippen LogP contribution in [0.2, 0.25) is 0 Å². The summed E-state index contributed by atoms with van der Waals surface area (Å²) in [6.45, 7) is 1.99. The first-order valence-electron chi connectivity index (χ1n) is 5.10. The van der Waals surface area contributed by atoms with Gasteiger partial charge in [-0.1, -0.05) is 29.3 Å². The van der Waals surface area contributed by atoms with Crippen molar-refractivity contribution in [1.29, 1.82) is 0 Å². The van der Waals surface area contributed by atoms with Gasteiger partial charge in [0.25, 0.3) is 5.91 Å². The molecule has 0 aliphatic carbocycles. The molecule has 0 heterocycles. The fraction of sp³-hybridized carbons (Fsp3) is 0.364. The maximum Gasteiger partial charge on any atom is 0.274 e. The largest absolute Gasteiger partial charge is 0.481 e. The number of nitrogens with two attached hydrogens (primary N) is 1. The molecule has 0 spiro atoms. The molecule has 0 saturated carbocycles. The number of benzene rings is 1. The van der Waals surface area contributed by atoms with E-state index >= 15 is 0 Å². The summed E-state index contributed by atoms with van der Waals surface area (Å²) >= 11 is 3.33. The Morgan fingerprint density at radius 2 is 2.12 bits per heavy atom. The lowest BCUT2D eigenvalue weighted by molar-refractivity contribution is -0.128. The number of carbonyl (C=O) groups excluding carboxylic acids is 1. The fourth-order valence-corrected chi connectivity index (χ4v) is 1.54. The molecule has 1 rings (SSSR count). The molecule has 0 bridgehead atoms. The molecule has 0 saturated heterocycles. The first-order valence-corrected chi connectivity index (χ1v) is 5.89. The molecule has 16 heavy (non-hydrogen) atoms. The van der Waals surface area contributed by atoms with Crippen LogP contribution >= 0.6 is 15.9 Å². The van der Waals surface area contributed by atoms with Crippen LogP contribution in [-0.4, -0.2) is 12.0 Å². The van der Waals surface area contributed by atoms with Crippen molar-refractivity contribution in [2.45, 2.75) is 25.9 Å². The average molecular weight is 287 g/mol. The minimum Gasteiger partial charge on any atom is -0.481 e. The number of ether oxygens (including phenoxy) is 1. The van der Waals surface area contributed by atoms with E-state index in [0.29, 0.717) is 12.2 Å². The Morgan fingerprint density at radius 1 is 1.50 bits per heavy atom. The molecule has 1 aromatic rings. The molecule has 5 heteroatoms. The molecule has 1 atom stereocenters. The maximum atomic E-state index is 11.4. The number of hydrazine groups is 1. The van der Waals surface area contributed by atoms with Gasteiger partial charge in [0.05, 0.1) is 0 Å². The fourth-order valence-electron chi connectivity index (χ4n) is 1.28. The van der Waals surface area contributed by atoms with Gasteiger partial charge in [-0.2, -0.15) is 0 Å². The summed E-state index contributed by atoms with van der Waals surface area (Å²) in [4.78, 5) is 11.4. The smallest absolute Gasteiger partial charge is 0.274 e. The predicted octanol–water partition coefficient (Wildman–Crippen LogP) is 1.99. The van der Waals surface area contributed by atoms with Crippen LogP contribution in [0.1, 0.15) is 19.8 Å². The van der Waals surface area contributed by atoms with Crippen molar-refractivity contribution in [3.8, 4) is 5.75 Å². The molecule has 88 valence electrons. The molecular weight excluding hydrogens is 272 g/mol. The Kier molecular flexibility index (Phi) is 5.28. The molecule has 1 unspecified atom stereocenters. The number of carbonyl (C=O) groups is 1. The van der Waals surface area contributed by atoms with E-state index in [1.165, 1.54) is 0 Å². The van der Waals surface area contributed by atoms with Crippen LogP contribution in [0.5, 0.6) is 5.75 Å². The van der Waals surface area contributed by atoms with Crippen molar-refractivity contribution < 1.29 is 9.53 Å². The van der Waals surface area contributed by atoms with Crippen molar-refractivity contribution in [1.82, 2.24) is 5.43 Å². The Balaban J connectivity index is 2.67. The highest BCUT2D eigenvalue weighted by Gasteiger charge is 2.18. The Hall–Kier alpha value is -1.07. The molecule has 0 aromatic heterocycles. The first kappa shape index (κ1) is 13.0. The van der Waals surface area contributed by atoms with Crippen LogP contribution < -0.4 is 16.0 Å². The summed E-state index contributed by atoms with van der Waals surface area (Å²) in [5.74, 6) is 5.45. The molecule has 0 fully saturated rings. The van der Waals surface area contributed by atoms with Gasteiger partial charge in [0.2, 0.25) is 0 Å². The molecule has 1 aromatic carbocycles. The molecule has 1 amide bonds. The summed E-state index contributed by atoms with van der Waals surface area (Å²) in [6, 6.07) is 7.32. The highest BCUT2D eigenvalue weighted by atomic mass is 79.9. The maximum absolute atomic E-state index is 11.4. The van der Waals surface area contributed by atoms with Gasteiger partial charge in [-0.15, -0.1) is 0 Å². The summed E-state index contributed by atoms with van der Waals surface area (Å²) in [7, 11) is 0. The van der Waals surface area contributed by atoms with E-state index in [1.54, 1.807) is 12.1 Å². The van der Waals surface area contributed by atoms with E-state index in [9.17, 15) is 4.79 Å². The highest BCUT2D eigenvalue weighted by Crippen LogP contribution is 2.18. The van der Waals surface area contributed by atoms with E-state index in [2.05, 4.69) is 21.4 Å². The zero-order valence-corrected chi connectivity index (χ0v) is 10.7. The van der Waals surface area contributed by atoms with E-state index in [4.69, 9.17) is 10.6 Å². The lowest BCUT2D eigenvalue weighted by atomic mass is 10.2. The Morgan fingerprint density at radius 3 is 2.62 bits per heavy atom. The van der Waals surface area contributed by atoms with Crippen LogP contribution in [0.15, 0.2) is 28.7 Å². The Labute approximate surface area is 103 Å². The van der Waals surface area contributed by atoms with Crippen LogP contribution in [-0.2, 0) is 4.79 Å². The SMILES string of the molecule is CCCC(Oc1ccc(Br)cc1)C(=O)NN. The van der Waals surface area contributed by atoms with Gasteiger partial charge in [0, 0.05) is 4.47 Å². The zero-order chi connectivity index (χ0) is 12.0. The van der Waals surface area contributed by atoms with Gasteiger partial charge in [-0.25, -0.2) is 5.84 Å². The van der Waals surface area contributed by atoms with Gasteiger partial charge in [-0.3, -0.25) is 10.2 Å². The van der Waals surface area contributed by atoms with Gasteiger partial charge in [0.15, 0.2) is 6.10 Å². The summed E-state index contributed by atoms with van der Waals surface area (Å²) in [5, 5.41) is 0. The number of hydrogen-bond acceptors (Lipinski definition) is 3. The highest BCUT2D eigenvalue weighted by molar-refractivity contribution is 9.10. The Bertz CT molecular complexity index is 340. The third-order valence-corrected chi connectivity index (χ3v) is 2.61. The topological polar surface area (TPSA) is 64.3 Å². The normalized spacial score (nSPS) is 11.9. The molecule has 0 aliphatic heterocycles. The average Bonchev–Trinajstić information content (AvgIpc) is 2.30. The van der Waals surface area contributed by atoms with Crippen LogP contribution in [0, 0.1) is 0 Å². The summed E-state index contributed by atoms with van der Waals surface area (Å²) in [6.07, 6.45) is 0.962. The zero-order valence-electron chi connectivity index (χ0n) is 9.07. The number of hydrogen-bond donors (Lipinski definition) is 2. The number of amides is 1. The summed E-state index contributed by atoms with van der Waals surface area (Å²) in [5.41, 5.74) is 2.11. The minimum atomic E-state index is -0.531. The van der Waals surface area contributed by atoms with E-state index < -0.39 is 6.10 Å². The van der Waals surface area contributed by atoms with Crippen molar-refractivity contribution in [2.75, 3.05) is 0 Å². The molecule has 0 radical (unpaired) electrons. The van der Waals surface area contributed by atoms with Crippen LogP contribution in [0.3, 0.4) is 0 Å². The van der Waals surface area contributed by atoms with Crippen molar-refractivity contribution in [3.05, 3.63) is 28.7 Å². The quantitative estimate of drug-likeness (QED) is 0.494. The second kappa shape index (κ2) is 6.50. The second-order valence-corrected chi connectivity index (χ2v) is 4.27. The van der Waals surface area contributed by atoms with Gasteiger partial charge >= 0.3 is 0 Å². The van der Waals surface area contributed by atoms with Crippen LogP contribution in [0.25, 0.3) is 0 Å². The molecule has 3 N–H and O–H groups in total. The number of halogens is 1. The van der Waals surface area contributed by atoms with Gasteiger partial charge in [-0.05, 0) is 30.7 Å². The third kappa shape index (κ3) is 3.83. The first-order chi connectivity index (χ1) is 7.67. The molecule has 4 nitrogen and oxygen atoms in total. The second-order valence-electron chi connectivity index (χ2n) is 3.36. The molecule has 0 aliphatic rings. The van der Waals surface area contributed by atoms with Crippen molar-refractivity contribution in [3.63, 3.8) is 0 Å². The van der Waals surface area contributed by atoms with E-state index in [0.717, 1.165) is 10.9 Å². The van der Waals surface area contributed by atoms with Gasteiger partial charge in [0.1, 0.15) is 5.75 Å². The number of nitrogens with one attached hydrogen (secondary N) is 1. The third-order valence-electron chi connectivity index (χ3n) is 2.08. The monoisotopic (exact) mass is 286 g/mol. The van der Waals surface area contributed by atoms with Crippen LogP contribution in [0.4, 0.5) is 0 Å². The lowest BCUT2D eigenvalue weighted by Gasteiger charge is -2.16. The van der Waals surface area contributed by atoms with Gasteiger partial charge < -0.3 is 4.74 Å². The minimum absolute atomic E-state index is 0.301.